The first-order valence-corrected chi connectivity index (χ1v) is 11.7. The topological polar surface area (TPSA) is 75.4 Å². The van der Waals surface area contributed by atoms with E-state index in [-0.39, 0.29) is 0 Å². The van der Waals surface area contributed by atoms with Crippen molar-refractivity contribution in [3.8, 4) is 6.01 Å². The SMILES string of the molecule is Cc1ccc(N=NCc2cc(N3CCOCC3)nc(OCCN3CCCCC3)n2)cc1C. The van der Waals surface area contributed by atoms with E-state index < -0.39 is 0 Å². The third-order valence-corrected chi connectivity index (χ3v) is 6.08. The molecule has 8 nitrogen and oxygen atoms in total. The molecule has 2 saturated heterocycles. The van der Waals surface area contributed by atoms with E-state index in [1.54, 1.807) is 0 Å². The number of benzene rings is 1. The zero-order valence-corrected chi connectivity index (χ0v) is 19.3. The molecule has 32 heavy (non-hydrogen) atoms. The zero-order chi connectivity index (χ0) is 22.2. The summed E-state index contributed by atoms with van der Waals surface area (Å²) in [6, 6.07) is 8.51. The molecule has 0 N–H and O–H groups in total. The Kier molecular flexibility index (Phi) is 8.01. The average molecular weight is 439 g/mol. The standard InChI is InChI=1S/C24H34N6O2/c1-19-6-7-21(16-20(19)2)28-25-18-22-17-23(30-11-13-31-14-12-30)27-24(26-22)32-15-10-29-8-4-3-5-9-29/h6-7,16-17H,3-5,8-15,18H2,1-2H3. The number of hydrogen-bond donors (Lipinski definition) is 0. The van der Waals surface area contributed by atoms with Crippen molar-refractivity contribution in [1.82, 2.24) is 14.9 Å². The van der Waals surface area contributed by atoms with E-state index in [9.17, 15) is 0 Å². The van der Waals surface area contributed by atoms with Gasteiger partial charge in [0, 0.05) is 25.7 Å². The van der Waals surface area contributed by atoms with Gasteiger partial charge in [-0.05, 0) is 63.0 Å². The van der Waals surface area contributed by atoms with Crippen LogP contribution in [-0.2, 0) is 11.3 Å². The minimum Gasteiger partial charge on any atom is -0.462 e. The Balaban J connectivity index is 1.43. The van der Waals surface area contributed by atoms with Crippen LogP contribution in [-0.4, -0.2) is 67.4 Å². The molecule has 0 radical (unpaired) electrons. The number of ether oxygens (including phenoxy) is 2. The van der Waals surface area contributed by atoms with E-state index in [2.05, 4.69) is 49.9 Å². The van der Waals surface area contributed by atoms with Gasteiger partial charge in [-0.3, -0.25) is 4.90 Å². The molecule has 4 rings (SSSR count). The van der Waals surface area contributed by atoms with E-state index in [1.807, 2.05) is 18.2 Å². The van der Waals surface area contributed by atoms with Gasteiger partial charge in [0.15, 0.2) is 0 Å². The zero-order valence-electron chi connectivity index (χ0n) is 19.3. The number of piperidine rings is 1. The first-order chi connectivity index (χ1) is 15.7. The number of hydrogen-bond acceptors (Lipinski definition) is 8. The molecular formula is C24H34N6O2. The lowest BCUT2D eigenvalue weighted by Gasteiger charge is -2.28. The molecule has 0 unspecified atom stereocenters. The maximum atomic E-state index is 5.98. The van der Waals surface area contributed by atoms with Crippen molar-refractivity contribution in [3.05, 3.63) is 41.1 Å². The van der Waals surface area contributed by atoms with Crippen LogP contribution in [0.2, 0.25) is 0 Å². The highest BCUT2D eigenvalue weighted by Crippen LogP contribution is 2.21. The minimum atomic E-state index is 0.384. The molecule has 2 aromatic rings. The van der Waals surface area contributed by atoms with Gasteiger partial charge in [0.1, 0.15) is 19.0 Å². The number of morpholine rings is 1. The Hall–Kier alpha value is -2.58. The number of nitrogens with zero attached hydrogens (tertiary/aromatic N) is 6. The van der Waals surface area contributed by atoms with Crippen LogP contribution in [0.1, 0.15) is 36.1 Å². The van der Waals surface area contributed by atoms with Gasteiger partial charge in [0.25, 0.3) is 0 Å². The van der Waals surface area contributed by atoms with Crippen LogP contribution in [0.5, 0.6) is 6.01 Å². The molecule has 1 aromatic heterocycles. The van der Waals surface area contributed by atoms with Gasteiger partial charge in [-0.15, -0.1) is 0 Å². The lowest BCUT2D eigenvalue weighted by Crippen LogP contribution is -2.37. The molecule has 172 valence electrons. The van der Waals surface area contributed by atoms with E-state index in [0.29, 0.717) is 32.4 Å². The summed E-state index contributed by atoms with van der Waals surface area (Å²) in [6.07, 6.45) is 3.89. The molecule has 8 heteroatoms. The van der Waals surface area contributed by atoms with Crippen LogP contribution < -0.4 is 9.64 Å². The second-order valence-corrected chi connectivity index (χ2v) is 8.52. The molecular weight excluding hydrogens is 404 g/mol. The number of likely N-dealkylation sites (tertiary alicyclic amines) is 1. The third kappa shape index (κ3) is 6.46. The van der Waals surface area contributed by atoms with E-state index >= 15 is 0 Å². The second-order valence-electron chi connectivity index (χ2n) is 8.52. The van der Waals surface area contributed by atoms with E-state index in [1.165, 1.54) is 30.4 Å². The van der Waals surface area contributed by atoms with Crippen molar-refractivity contribution in [1.29, 1.82) is 0 Å². The minimum absolute atomic E-state index is 0.384. The van der Waals surface area contributed by atoms with Gasteiger partial charge in [-0.1, -0.05) is 12.5 Å². The summed E-state index contributed by atoms with van der Waals surface area (Å²) in [5, 5.41) is 8.77. The van der Waals surface area contributed by atoms with E-state index in [0.717, 1.165) is 49.9 Å². The van der Waals surface area contributed by atoms with Crippen molar-refractivity contribution in [3.63, 3.8) is 0 Å². The Morgan fingerprint density at radius 3 is 2.56 bits per heavy atom. The molecule has 2 aliphatic rings. The third-order valence-electron chi connectivity index (χ3n) is 6.08. The van der Waals surface area contributed by atoms with Gasteiger partial charge >= 0.3 is 6.01 Å². The number of rotatable bonds is 8. The van der Waals surface area contributed by atoms with Crippen LogP contribution in [0.4, 0.5) is 11.5 Å². The summed E-state index contributed by atoms with van der Waals surface area (Å²) in [5.74, 6) is 0.868. The van der Waals surface area contributed by atoms with Crippen molar-refractivity contribution in [2.24, 2.45) is 10.2 Å². The Labute approximate surface area is 190 Å². The highest BCUT2D eigenvalue weighted by Gasteiger charge is 2.16. The lowest BCUT2D eigenvalue weighted by atomic mass is 10.1. The molecule has 0 saturated carbocycles. The molecule has 2 fully saturated rings. The molecule has 0 bridgehead atoms. The van der Waals surface area contributed by atoms with Crippen LogP contribution >= 0.6 is 0 Å². The highest BCUT2D eigenvalue weighted by molar-refractivity contribution is 5.43. The van der Waals surface area contributed by atoms with Crippen molar-refractivity contribution < 1.29 is 9.47 Å². The summed E-state index contributed by atoms with van der Waals surface area (Å²) >= 11 is 0. The summed E-state index contributed by atoms with van der Waals surface area (Å²) in [5.41, 5.74) is 4.12. The first kappa shape index (κ1) is 22.6. The smallest absolute Gasteiger partial charge is 0.318 e. The van der Waals surface area contributed by atoms with Gasteiger partial charge in [-0.2, -0.15) is 20.2 Å². The van der Waals surface area contributed by atoms with Gasteiger partial charge in [0.2, 0.25) is 0 Å². The average Bonchev–Trinajstić information content (AvgIpc) is 2.83. The van der Waals surface area contributed by atoms with Gasteiger partial charge in [-0.25, -0.2) is 0 Å². The summed E-state index contributed by atoms with van der Waals surface area (Å²) < 4.78 is 11.5. The molecule has 0 amide bonds. The van der Waals surface area contributed by atoms with Gasteiger partial charge < -0.3 is 14.4 Å². The van der Waals surface area contributed by atoms with Crippen LogP contribution in [0, 0.1) is 13.8 Å². The number of anilines is 1. The second kappa shape index (κ2) is 11.3. The normalized spacial score (nSPS) is 17.8. The molecule has 1 aromatic carbocycles. The molecule has 0 aliphatic carbocycles. The summed E-state index contributed by atoms with van der Waals surface area (Å²) in [7, 11) is 0. The van der Waals surface area contributed by atoms with Crippen LogP contribution in [0.3, 0.4) is 0 Å². The molecule has 0 atom stereocenters. The highest BCUT2D eigenvalue weighted by atomic mass is 16.5. The number of aromatic nitrogens is 2. The summed E-state index contributed by atoms with van der Waals surface area (Å²) in [6.45, 7) is 11.4. The Morgan fingerprint density at radius 1 is 0.969 bits per heavy atom. The summed E-state index contributed by atoms with van der Waals surface area (Å²) in [4.78, 5) is 14.0. The lowest BCUT2D eigenvalue weighted by molar-refractivity contribution is 0.122. The maximum Gasteiger partial charge on any atom is 0.318 e. The van der Waals surface area contributed by atoms with Crippen molar-refractivity contribution in [2.75, 3.05) is 57.4 Å². The Morgan fingerprint density at radius 2 is 1.78 bits per heavy atom. The van der Waals surface area contributed by atoms with Crippen LogP contribution in [0.15, 0.2) is 34.5 Å². The molecule has 2 aliphatic heterocycles. The fraction of sp³-hybridized carbons (Fsp3) is 0.583. The van der Waals surface area contributed by atoms with Crippen molar-refractivity contribution >= 4 is 11.5 Å². The van der Waals surface area contributed by atoms with Gasteiger partial charge in [0.05, 0.1) is 24.6 Å². The quantitative estimate of drug-likeness (QED) is 0.578. The molecule has 3 heterocycles. The first-order valence-electron chi connectivity index (χ1n) is 11.7. The Bertz CT molecular complexity index is 907. The number of azo groups is 1. The van der Waals surface area contributed by atoms with E-state index in [4.69, 9.17) is 9.47 Å². The predicted octanol–water partition coefficient (Wildman–Crippen LogP) is 4.08. The maximum absolute atomic E-state index is 5.98. The largest absolute Gasteiger partial charge is 0.462 e. The fourth-order valence-corrected chi connectivity index (χ4v) is 3.99. The van der Waals surface area contributed by atoms with Crippen LogP contribution in [0.25, 0.3) is 0 Å². The fourth-order valence-electron chi connectivity index (χ4n) is 3.99. The predicted molar refractivity (Wildman–Crippen MR) is 125 cm³/mol. The monoisotopic (exact) mass is 438 g/mol. The van der Waals surface area contributed by atoms with Crippen molar-refractivity contribution in [2.45, 2.75) is 39.7 Å². The number of aryl methyl sites for hydroxylation is 2. The molecule has 0 spiro atoms.